The van der Waals surface area contributed by atoms with Gasteiger partial charge in [-0.1, -0.05) is 12.1 Å². The standard InChI is InChI=1S/C13H14N2O2S/c1-3-17-13(16)14-12-15(7-8-18-12)11-6-4-5-10(2)9-11/h4-9H,3H2,1-2H3. The maximum Gasteiger partial charge on any atom is 0.436 e. The van der Waals surface area contributed by atoms with Gasteiger partial charge >= 0.3 is 6.09 Å². The van der Waals surface area contributed by atoms with E-state index in [4.69, 9.17) is 4.74 Å². The molecule has 1 aromatic carbocycles. The number of nitrogens with zero attached hydrogens (tertiary/aromatic N) is 2. The molecule has 4 nitrogen and oxygen atoms in total. The van der Waals surface area contributed by atoms with Gasteiger partial charge in [0.15, 0.2) is 0 Å². The summed E-state index contributed by atoms with van der Waals surface area (Å²) in [4.78, 5) is 15.9. The van der Waals surface area contributed by atoms with Gasteiger partial charge in [0, 0.05) is 17.3 Å². The van der Waals surface area contributed by atoms with Gasteiger partial charge in [0.2, 0.25) is 4.80 Å². The number of rotatable bonds is 2. The highest BCUT2D eigenvalue weighted by molar-refractivity contribution is 7.07. The van der Waals surface area contributed by atoms with Gasteiger partial charge in [0.1, 0.15) is 0 Å². The van der Waals surface area contributed by atoms with Crippen molar-refractivity contribution in [2.75, 3.05) is 6.61 Å². The van der Waals surface area contributed by atoms with Crippen molar-refractivity contribution in [1.29, 1.82) is 0 Å². The Kier molecular flexibility index (Phi) is 3.94. The van der Waals surface area contributed by atoms with Crippen LogP contribution in [0.4, 0.5) is 4.79 Å². The first-order valence-corrected chi connectivity index (χ1v) is 6.53. The minimum atomic E-state index is -0.554. The molecule has 0 aliphatic rings. The molecule has 0 fully saturated rings. The average Bonchev–Trinajstić information content (AvgIpc) is 2.77. The molecule has 2 aromatic rings. The van der Waals surface area contributed by atoms with Crippen molar-refractivity contribution in [2.24, 2.45) is 4.99 Å². The Hall–Kier alpha value is -1.88. The second-order valence-electron chi connectivity index (χ2n) is 3.71. The van der Waals surface area contributed by atoms with Gasteiger partial charge in [-0.2, -0.15) is 0 Å². The van der Waals surface area contributed by atoms with E-state index in [1.807, 2.05) is 47.3 Å². The highest BCUT2D eigenvalue weighted by Crippen LogP contribution is 2.08. The van der Waals surface area contributed by atoms with Crippen molar-refractivity contribution in [3.8, 4) is 5.69 Å². The normalized spacial score (nSPS) is 11.6. The number of carbonyl (C=O) groups is 1. The number of benzene rings is 1. The molecule has 94 valence electrons. The third-order valence-corrected chi connectivity index (χ3v) is 3.08. The molecule has 0 saturated carbocycles. The lowest BCUT2D eigenvalue weighted by atomic mass is 10.2. The van der Waals surface area contributed by atoms with E-state index in [9.17, 15) is 4.79 Å². The molecule has 18 heavy (non-hydrogen) atoms. The molecule has 0 aliphatic carbocycles. The molecule has 1 aromatic heterocycles. The van der Waals surface area contributed by atoms with Crippen molar-refractivity contribution >= 4 is 17.4 Å². The predicted molar refractivity (Wildman–Crippen MR) is 71.0 cm³/mol. The number of aromatic nitrogens is 1. The van der Waals surface area contributed by atoms with Crippen molar-refractivity contribution in [1.82, 2.24) is 4.57 Å². The maximum absolute atomic E-state index is 11.4. The zero-order valence-corrected chi connectivity index (χ0v) is 11.1. The van der Waals surface area contributed by atoms with E-state index >= 15 is 0 Å². The Morgan fingerprint density at radius 2 is 2.33 bits per heavy atom. The molecule has 0 N–H and O–H groups in total. The van der Waals surface area contributed by atoms with Gasteiger partial charge in [-0.05, 0) is 31.5 Å². The highest BCUT2D eigenvalue weighted by atomic mass is 32.1. The summed E-state index contributed by atoms with van der Waals surface area (Å²) in [6, 6.07) is 8.02. The van der Waals surface area contributed by atoms with Crippen LogP contribution in [0.1, 0.15) is 12.5 Å². The topological polar surface area (TPSA) is 43.6 Å². The molecule has 0 bridgehead atoms. The summed E-state index contributed by atoms with van der Waals surface area (Å²) in [5, 5.41) is 1.89. The van der Waals surface area contributed by atoms with Crippen LogP contribution in [-0.4, -0.2) is 17.3 Å². The molecule has 0 radical (unpaired) electrons. The van der Waals surface area contributed by atoms with E-state index in [1.54, 1.807) is 6.92 Å². The SMILES string of the molecule is CCOC(=O)N=c1sccn1-c1cccc(C)c1. The molecule has 0 atom stereocenters. The van der Waals surface area contributed by atoms with Gasteiger partial charge in [-0.25, -0.2) is 4.79 Å². The Morgan fingerprint density at radius 1 is 1.50 bits per heavy atom. The number of hydrogen-bond donors (Lipinski definition) is 0. The van der Waals surface area contributed by atoms with E-state index in [1.165, 1.54) is 11.3 Å². The molecule has 1 amide bonds. The van der Waals surface area contributed by atoms with E-state index in [2.05, 4.69) is 4.99 Å². The number of amides is 1. The summed E-state index contributed by atoms with van der Waals surface area (Å²) in [6.07, 6.45) is 1.33. The number of hydrogen-bond acceptors (Lipinski definition) is 3. The fourth-order valence-corrected chi connectivity index (χ4v) is 2.27. The zero-order valence-electron chi connectivity index (χ0n) is 10.3. The van der Waals surface area contributed by atoms with E-state index in [-0.39, 0.29) is 0 Å². The number of carbonyl (C=O) groups excluding carboxylic acids is 1. The molecule has 0 saturated heterocycles. The van der Waals surface area contributed by atoms with Crippen LogP contribution in [0.2, 0.25) is 0 Å². The monoisotopic (exact) mass is 262 g/mol. The largest absolute Gasteiger partial charge is 0.448 e. The van der Waals surface area contributed by atoms with Crippen LogP contribution in [0.5, 0.6) is 0 Å². The first-order valence-electron chi connectivity index (χ1n) is 5.65. The fraction of sp³-hybridized carbons (Fsp3) is 0.231. The maximum atomic E-state index is 11.4. The Labute approximate surface area is 109 Å². The van der Waals surface area contributed by atoms with E-state index in [0.29, 0.717) is 11.4 Å². The molecular formula is C13H14N2O2S. The van der Waals surface area contributed by atoms with Crippen LogP contribution < -0.4 is 4.80 Å². The molecule has 2 rings (SSSR count). The van der Waals surface area contributed by atoms with Crippen LogP contribution in [-0.2, 0) is 4.74 Å². The zero-order chi connectivity index (χ0) is 13.0. The van der Waals surface area contributed by atoms with Crippen LogP contribution in [0.15, 0.2) is 40.8 Å². The highest BCUT2D eigenvalue weighted by Gasteiger charge is 2.02. The minimum absolute atomic E-state index is 0.332. The van der Waals surface area contributed by atoms with E-state index in [0.717, 1.165) is 11.3 Å². The summed E-state index contributed by atoms with van der Waals surface area (Å²) in [7, 11) is 0. The smallest absolute Gasteiger partial charge is 0.436 e. The van der Waals surface area contributed by atoms with Crippen LogP contribution in [0.25, 0.3) is 5.69 Å². The van der Waals surface area contributed by atoms with Crippen molar-refractivity contribution in [2.45, 2.75) is 13.8 Å². The molecule has 0 aliphatic heterocycles. The second kappa shape index (κ2) is 5.64. The summed E-state index contributed by atoms with van der Waals surface area (Å²) in [5.41, 5.74) is 2.15. The Morgan fingerprint density at radius 3 is 3.06 bits per heavy atom. The van der Waals surface area contributed by atoms with Crippen molar-refractivity contribution < 1.29 is 9.53 Å². The van der Waals surface area contributed by atoms with Crippen LogP contribution >= 0.6 is 11.3 Å². The van der Waals surface area contributed by atoms with Crippen LogP contribution in [0, 0.1) is 6.92 Å². The predicted octanol–water partition coefficient (Wildman–Crippen LogP) is 2.90. The minimum Gasteiger partial charge on any atom is -0.448 e. The number of aryl methyl sites for hydroxylation is 1. The molecule has 5 heteroatoms. The van der Waals surface area contributed by atoms with Gasteiger partial charge < -0.3 is 4.74 Å². The lowest BCUT2D eigenvalue weighted by Gasteiger charge is -2.03. The first kappa shape index (κ1) is 12.6. The molecule has 0 spiro atoms. The summed E-state index contributed by atoms with van der Waals surface area (Å²) in [6.45, 7) is 4.12. The number of ether oxygens (including phenoxy) is 1. The lowest BCUT2D eigenvalue weighted by Crippen LogP contribution is -2.15. The van der Waals surface area contributed by atoms with Gasteiger partial charge in [-0.3, -0.25) is 4.57 Å². The summed E-state index contributed by atoms with van der Waals surface area (Å²) < 4.78 is 6.69. The fourth-order valence-electron chi connectivity index (χ4n) is 1.56. The summed E-state index contributed by atoms with van der Waals surface area (Å²) >= 11 is 1.40. The molecular weight excluding hydrogens is 248 g/mol. The Balaban J connectivity index is 2.42. The molecule has 1 heterocycles. The van der Waals surface area contributed by atoms with Crippen LogP contribution in [0.3, 0.4) is 0 Å². The number of thiazole rings is 1. The van der Waals surface area contributed by atoms with Crippen molar-refractivity contribution in [3.63, 3.8) is 0 Å². The quantitative estimate of drug-likeness (QED) is 0.835. The molecule has 0 unspecified atom stereocenters. The van der Waals surface area contributed by atoms with E-state index < -0.39 is 6.09 Å². The van der Waals surface area contributed by atoms with Gasteiger partial charge in [-0.15, -0.1) is 16.3 Å². The first-order chi connectivity index (χ1) is 8.70. The van der Waals surface area contributed by atoms with Crippen molar-refractivity contribution in [3.05, 3.63) is 46.2 Å². The lowest BCUT2D eigenvalue weighted by molar-refractivity contribution is 0.162. The Bertz CT molecular complexity index is 613. The second-order valence-corrected chi connectivity index (χ2v) is 4.58. The van der Waals surface area contributed by atoms with Gasteiger partial charge in [0.05, 0.1) is 6.61 Å². The summed E-state index contributed by atoms with van der Waals surface area (Å²) in [5.74, 6) is 0. The third kappa shape index (κ3) is 2.87. The third-order valence-electron chi connectivity index (χ3n) is 2.32. The van der Waals surface area contributed by atoms with Gasteiger partial charge in [0.25, 0.3) is 0 Å². The average molecular weight is 262 g/mol.